The molecule has 1 aliphatic heterocycles. The number of hydrogen-bond acceptors (Lipinski definition) is 4. The lowest BCUT2D eigenvalue weighted by atomic mass is 9.82. The van der Waals surface area contributed by atoms with Crippen molar-refractivity contribution >= 4 is 49.3 Å². The Morgan fingerprint density at radius 2 is 1.86 bits per heavy atom. The lowest BCUT2D eigenvalue weighted by Crippen LogP contribution is -2.44. The van der Waals surface area contributed by atoms with E-state index in [0.29, 0.717) is 18.0 Å². The highest BCUT2D eigenvalue weighted by atomic mass is 79.9. The fourth-order valence-corrected chi connectivity index (χ4v) is 4.45. The second-order valence-electron chi connectivity index (χ2n) is 6.64. The van der Waals surface area contributed by atoms with E-state index in [4.69, 9.17) is 16.8 Å². The van der Waals surface area contributed by atoms with Gasteiger partial charge in [-0.25, -0.2) is 0 Å². The highest BCUT2D eigenvalue weighted by Crippen LogP contribution is 2.36. The Labute approximate surface area is 177 Å². The van der Waals surface area contributed by atoms with Gasteiger partial charge in [0.2, 0.25) is 0 Å². The maximum Gasteiger partial charge on any atom is 0.264 e. The summed E-state index contributed by atoms with van der Waals surface area (Å²) in [7, 11) is -2.32. The predicted octanol–water partition coefficient (Wildman–Crippen LogP) is 2.86. The van der Waals surface area contributed by atoms with Gasteiger partial charge < -0.3 is 5.32 Å². The van der Waals surface area contributed by atoms with Crippen LogP contribution in [0.2, 0.25) is 0 Å². The molecule has 1 atom stereocenters. The minimum Gasteiger partial charge on any atom is -0.341 e. The van der Waals surface area contributed by atoms with Crippen LogP contribution in [0.4, 0.5) is 0 Å². The molecular formula is C19H19BrN2O4S2. The number of thiocarbonyl (C=S) groups is 1. The van der Waals surface area contributed by atoms with E-state index in [1.165, 1.54) is 4.90 Å². The Morgan fingerprint density at radius 3 is 2.39 bits per heavy atom. The highest BCUT2D eigenvalue weighted by Gasteiger charge is 2.50. The van der Waals surface area contributed by atoms with Crippen LogP contribution in [0, 0.1) is 0 Å². The molecule has 0 aliphatic carbocycles. The Hall–Kier alpha value is -1.81. The molecule has 0 spiro atoms. The van der Waals surface area contributed by atoms with Crippen LogP contribution in [-0.4, -0.2) is 41.7 Å². The number of nitrogens with one attached hydrogen (secondary N) is 1. The second-order valence-corrected chi connectivity index (χ2v) is 9.52. The van der Waals surface area contributed by atoms with E-state index < -0.39 is 15.7 Å². The van der Waals surface area contributed by atoms with Crippen LogP contribution in [0.15, 0.2) is 53.0 Å². The topological polar surface area (TPSA) is 86.7 Å². The van der Waals surface area contributed by atoms with Gasteiger partial charge in [-0.15, -0.1) is 0 Å². The molecule has 0 saturated carbocycles. The first-order valence-corrected chi connectivity index (χ1v) is 11.4. The number of likely N-dealkylation sites (N-methyl/N-ethyl adjacent to an activating group) is 1. The largest absolute Gasteiger partial charge is 0.341 e. The van der Waals surface area contributed by atoms with E-state index in [2.05, 4.69) is 21.2 Å². The van der Waals surface area contributed by atoms with E-state index in [0.717, 1.165) is 21.2 Å². The summed E-state index contributed by atoms with van der Waals surface area (Å²) in [5.74, 6) is -0.453. The van der Waals surface area contributed by atoms with Crippen molar-refractivity contribution in [1.82, 2.24) is 10.2 Å². The van der Waals surface area contributed by atoms with Crippen LogP contribution >= 0.6 is 28.1 Å². The average molecular weight is 483 g/mol. The molecule has 3 rings (SSSR count). The van der Waals surface area contributed by atoms with Crippen LogP contribution in [-0.2, 0) is 26.9 Å². The Morgan fingerprint density at radius 1 is 1.18 bits per heavy atom. The summed E-state index contributed by atoms with van der Waals surface area (Å²) < 4.78 is 31.4. The summed E-state index contributed by atoms with van der Waals surface area (Å²) in [4.78, 5) is 14.6. The van der Waals surface area contributed by atoms with Gasteiger partial charge in [0.05, 0.1) is 5.75 Å². The van der Waals surface area contributed by atoms with Gasteiger partial charge in [-0.2, -0.15) is 8.42 Å². The molecule has 0 radical (unpaired) electrons. The Kier molecular flexibility index (Phi) is 5.90. The molecule has 1 aliphatic rings. The molecule has 9 heteroatoms. The molecule has 1 amide bonds. The molecule has 148 valence electrons. The van der Waals surface area contributed by atoms with Crippen molar-refractivity contribution in [2.75, 3.05) is 12.8 Å². The number of nitrogens with zero attached hydrogens (tertiary/aromatic N) is 1. The summed E-state index contributed by atoms with van der Waals surface area (Å²) in [5.41, 5.74) is 1.29. The van der Waals surface area contributed by atoms with E-state index >= 15 is 0 Å². The summed E-state index contributed by atoms with van der Waals surface area (Å²) in [6.07, 6.45) is 0.822. The molecule has 2 aromatic rings. The molecule has 1 heterocycles. The van der Waals surface area contributed by atoms with E-state index in [-0.39, 0.29) is 11.7 Å². The van der Waals surface area contributed by atoms with Crippen molar-refractivity contribution < 1.29 is 17.8 Å². The van der Waals surface area contributed by atoms with Crippen molar-refractivity contribution in [3.8, 4) is 0 Å². The number of benzene rings is 2. The smallest absolute Gasteiger partial charge is 0.264 e. The van der Waals surface area contributed by atoms with E-state index in [9.17, 15) is 13.2 Å². The maximum absolute atomic E-state index is 13.2. The van der Waals surface area contributed by atoms with Gasteiger partial charge in [-0.1, -0.05) is 52.3 Å². The van der Waals surface area contributed by atoms with Crippen LogP contribution in [0.5, 0.6) is 0 Å². The lowest BCUT2D eigenvalue weighted by molar-refractivity contribution is -0.129. The van der Waals surface area contributed by atoms with Crippen molar-refractivity contribution in [3.05, 3.63) is 69.7 Å². The first-order chi connectivity index (χ1) is 13.1. The summed E-state index contributed by atoms with van der Waals surface area (Å²) in [6.45, 7) is 0. The zero-order valence-corrected chi connectivity index (χ0v) is 18.3. The molecule has 28 heavy (non-hydrogen) atoms. The minimum atomic E-state index is -3.96. The third kappa shape index (κ3) is 4.12. The number of carbonyl (C=O) groups excluding carboxylic acids is 1. The Bertz CT molecular complexity index is 1020. The van der Waals surface area contributed by atoms with E-state index in [1.807, 2.05) is 48.5 Å². The van der Waals surface area contributed by atoms with Gasteiger partial charge in [0, 0.05) is 11.5 Å². The first-order valence-electron chi connectivity index (χ1n) is 8.54. The third-order valence-corrected chi connectivity index (χ3v) is 6.41. The summed E-state index contributed by atoms with van der Waals surface area (Å²) >= 11 is 8.78. The minimum absolute atomic E-state index is 0.172. The predicted molar refractivity (Wildman–Crippen MR) is 115 cm³/mol. The molecule has 2 aromatic carbocycles. The standard InChI is InChI=1S/C19H19BrN2O4S2/c1-22-17(23)19(21-18(22)27,15-5-2-6-16(20)12-15)14-9-7-13(8-10-14)4-3-11-28(24,25)26/h2,5-10,12H,3-4,11H2,1H3,(H,21,27)(H,24,25,26). The van der Waals surface area contributed by atoms with Gasteiger partial charge in [0.1, 0.15) is 0 Å². The highest BCUT2D eigenvalue weighted by molar-refractivity contribution is 9.10. The zero-order chi connectivity index (χ0) is 20.5. The van der Waals surface area contributed by atoms with Crippen LogP contribution in [0.1, 0.15) is 23.1 Å². The summed E-state index contributed by atoms with van der Waals surface area (Å²) in [6, 6.07) is 14.9. The van der Waals surface area contributed by atoms with Gasteiger partial charge in [0.15, 0.2) is 10.7 Å². The number of amides is 1. The van der Waals surface area contributed by atoms with Crippen molar-refractivity contribution in [1.29, 1.82) is 0 Å². The molecule has 1 unspecified atom stereocenters. The van der Waals surface area contributed by atoms with Crippen LogP contribution < -0.4 is 5.32 Å². The second kappa shape index (κ2) is 7.90. The van der Waals surface area contributed by atoms with Crippen LogP contribution in [0.3, 0.4) is 0 Å². The van der Waals surface area contributed by atoms with Crippen molar-refractivity contribution in [2.24, 2.45) is 0 Å². The number of aryl methyl sites for hydroxylation is 1. The number of hydrogen-bond donors (Lipinski definition) is 2. The Balaban J connectivity index is 1.96. The fourth-order valence-electron chi connectivity index (χ4n) is 3.30. The average Bonchev–Trinajstić information content (AvgIpc) is 2.86. The maximum atomic E-state index is 13.2. The van der Waals surface area contributed by atoms with Crippen molar-refractivity contribution in [2.45, 2.75) is 18.4 Å². The normalized spacial score (nSPS) is 19.8. The number of rotatable bonds is 6. The first kappa shape index (κ1) is 20.9. The molecule has 6 nitrogen and oxygen atoms in total. The van der Waals surface area contributed by atoms with E-state index in [1.54, 1.807) is 7.05 Å². The monoisotopic (exact) mass is 482 g/mol. The van der Waals surface area contributed by atoms with Gasteiger partial charge >= 0.3 is 0 Å². The SMILES string of the molecule is CN1C(=O)C(c2ccc(CCCS(=O)(=O)O)cc2)(c2cccc(Br)c2)NC1=S. The molecular weight excluding hydrogens is 464 g/mol. The van der Waals surface area contributed by atoms with Crippen molar-refractivity contribution in [3.63, 3.8) is 0 Å². The lowest BCUT2D eigenvalue weighted by Gasteiger charge is -2.28. The molecule has 1 saturated heterocycles. The molecule has 0 aromatic heterocycles. The third-order valence-electron chi connectivity index (χ3n) is 4.74. The fraction of sp³-hybridized carbons (Fsp3) is 0.263. The molecule has 1 fully saturated rings. The summed E-state index contributed by atoms with van der Waals surface area (Å²) in [5, 5.41) is 3.53. The zero-order valence-electron chi connectivity index (χ0n) is 15.1. The number of halogens is 1. The van der Waals surface area contributed by atoms with Gasteiger partial charge in [0.25, 0.3) is 16.0 Å². The quantitative estimate of drug-likeness (QED) is 0.486. The van der Waals surface area contributed by atoms with Crippen LogP contribution in [0.25, 0.3) is 0 Å². The molecule has 2 N–H and O–H groups in total. The van der Waals surface area contributed by atoms with Gasteiger partial charge in [-0.3, -0.25) is 14.2 Å². The molecule has 0 bridgehead atoms. The van der Waals surface area contributed by atoms with Gasteiger partial charge in [-0.05, 0) is 53.9 Å². The number of carbonyl (C=O) groups is 1.